The summed E-state index contributed by atoms with van der Waals surface area (Å²) >= 11 is 5.05. The summed E-state index contributed by atoms with van der Waals surface area (Å²) in [7, 11) is -5.05. The minimum Gasteiger partial charge on any atom is -0.467 e. The molecule has 3 aromatic rings. The van der Waals surface area contributed by atoms with Gasteiger partial charge in [0.2, 0.25) is 21.5 Å². The van der Waals surface area contributed by atoms with Gasteiger partial charge >= 0.3 is 6.18 Å². The second-order valence-electron chi connectivity index (χ2n) is 7.66. The number of rotatable bonds is 6. The number of carbonyl (C=O) groups is 2. The number of aromatic amines is 1. The predicted octanol–water partition coefficient (Wildman–Crippen LogP) is 2.19. The number of sulfonamides is 1. The van der Waals surface area contributed by atoms with E-state index in [1.54, 1.807) is 0 Å². The van der Waals surface area contributed by atoms with Crippen LogP contribution in [-0.2, 0) is 31.7 Å². The number of benzene rings is 1. The minimum absolute atomic E-state index is 0.185. The number of amides is 2. The third kappa shape index (κ3) is 4.22. The summed E-state index contributed by atoms with van der Waals surface area (Å²) in [6.45, 7) is 0.940. The van der Waals surface area contributed by atoms with Gasteiger partial charge in [-0.15, -0.1) is 0 Å². The van der Waals surface area contributed by atoms with Crippen molar-refractivity contribution < 1.29 is 35.6 Å². The monoisotopic (exact) mass is 543 g/mol. The lowest BCUT2D eigenvalue weighted by Crippen LogP contribution is -2.61. The van der Waals surface area contributed by atoms with Crippen molar-refractivity contribution in [3.05, 3.63) is 69.1 Å². The number of nitrogens with zero attached hydrogens (tertiary/aromatic N) is 1. The van der Waals surface area contributed by atoms with Gasteiger partial charge in [-0.3, -0.25) is 23.9 Å². The number of aromatic nitrogens is 2. The SMILES string of the molecule is CC(=O)Nc1ccc(S(=O)(=O)N[C@]2(C(F)(F)F)C(=O)Nc3c2c(=O)[nH]c(=S)n3Cc2ccco2)cc1. The van der Waals surface area contributed by atoms with E-state index in [2.05, 4.69) is 10.3 Å². The van der Waals surface area contributed by atoms with Crippen LogP contribution in [0.15, 0.2) is 56.8 Å². The molecule has 2 amide bonds. The topological polar surface area (TPSA) is 155 Å². The number of hydrogen-bond donors (Lipinski definition) is 4. The maximum atomic E-state index is 14.5. The fraction of sp³-hybridized carbons (Fsp3) is 0.200. The summed E-state index contributed by atoms with van der Waals surface area (Å²) in [6.07, 6.45) is -4.29. The van der Waals surface area contributed by atoms with Crippen LogP contribution in [0.4, 0.5) is 24.7 Å². The van der Waals surface area contributed by atoms with Crippen molar-refractivity contribution in [2.24, 2.45) is 0 Å². The molecule has 1 aliphatic heterocycles. The second-order valence-corrected chi connectivity index (χ2v) is 9.73. The molecule has 2 aromatic heterocycles. The fourth-order valence-corrected chi connectivity index (χ4v) is 5.25. The number of halogens is 3. The maximum Gasteiger partial charge on any atom is 0.421 e. The molecule has 11 nitrogen and oxygen atoms in total. The van der Waals surface area contributed by atoms with Gasteiger partial charge in [-0.2, -0.15) is 17.9 Å². The van der Waals surface area contributed by atoms with Gasteiger partial charge in [-0.1, -0.05) is 0 Å². The van der Waals surface area contributed by atoms with Gasteiger partial charge in [-0.25, -0.2) is 8.42 Å². The number of nitrogens with one attached hydrogen (secondary N) is 4. The molecule has 0 bridgehead atoms. The molecule has 0 saturated heterocycles. The number of carbonyl (C=O) groups excluding carboxylic acids is 2. The van der Waals surface area contributed by atoms with Crippen LogP contribution in [0.25, 0.3) is 0 Å². The van der Waals surface area contributed by atoms with Crippen molar-refractivity contribution in [2.75, 3.05) is 10.6 Å². The van der Waals surface area contributed by atoms with Crippen molar-refractivity contribution in [3.63, 3.8) is 0 Å². The number of alkyl halides is 3. The Morgan fingerprint density at radius 1 is 1.19 bits per heavy atom. The first-order chi connectivity index (χ1) is 16.8. The Morgan fingerprint density at radius 3 is 2.42 bits per heavy atom. The third-order valence-corrected chi connectivity index (χ3v) is 7.03. The smallest absolute Gasteiger partial charge is 0.421 e. The van der Waals surface area contributed by atoms with E-state index in [1.807, 2.05) is 5.32 Å². The fourth-order valence-electron chi connectivity index (χ4n) is 3.68. The highest BCUT2D eigenvalue weighted by atomic mass is 32.2. The van der Waals surface area contributed by atoms with Gasteiger partial charge < -0.3 is 15.1 Å². The van der Waals surface area contributed by atoms with Crippen molar-refractivity contribution in [1.29, 1.82) is 0 Å². The van der Waals surface area contributed by atoms with Gasteiger partial charge in [0, 0.05) is 12.6 Å². The van der Waals surface area contributed by atoms with Gasteiger partial charge in [-0.05, 0) is 48.6 Å². The number of fused-ring (bicyclic) bond motifs is 1. The summed E-state index contributed by atoms with van der Waals surface area (Å²) in [5.74, 6) is -2.70. The molecule has 4 N–H and O–H groups in total. The number of furan rings is 1. The van der Waals surface area contributed by atoms with Crippen LogP contribution in [0.5, 0.6) is 0 Å². The zero-order valence-corrected chi connectivity index (χ0v) is 19.7. The molecule has 16 heteroatoms. The maximum absolute atomic E-state index is 14.5. The lowest BCUT2D eigenvalue weighted by Gasteiger charge is -2.29. The van der Waals surface area contributed by atoms with E-state index in [-0.39, 0.29) is 22.8 Å². The van der Waals surface area contributed by atoms with Crippen LogP contribution in [-0.4, -0.2) is 36.0 Å². The third-order valence-electron chi connectivity index (χ3n) is 5.24. The lowest BCUT2D eigenvalue weighted by molar-refractivity contribution is -0.194. The molecule has 0 radical (unpaired) electrons. The quantitative estimate of drug-likeness (QED) is 0.348. The van der Waals surface area contributed by atoms with Crippen molar-refractivity contribution in [3.8, 4) is 0 Å². The molecule has 190 valence electrons. The summed E-state index contributed by atoms with van der Waals surface area (Å²) in [5.41, 5.74) is -6.42. The molecule has 1 aliphatic rings. The Morgan fingerprint density at radius 2 is 1.86 bits per heavy atom. The molecule has 0 unspecified atom stereocenters. The standard InChI is InChI=1S/C20H16F3N5O6S2/c1-10(29)24-11-4-6-13(7-5-11)36(32,33)27-19(20(21,22)23)14-15(25-17(19)31)28(18(35)26-16(14)30)9-12-3-2-8-34-12/h2-8,27H,9H2,1H3,(H,24,29)(H,25,31)(H,26,30,35)/t19-/m0/s1. The van der Waals surface area contributed by atoms with Crippen molar-refractivity contribution in [2.45, 2.75) is 30.1 Å². The molecule has 3 heterocycles. The number of hydrogen-bond acceptors (Lipinski definition) is 7. The first kappa shape index (κ1) is 25.3. The summed E-state index contributed by atoms with van der Waals surface area (Å²) in [5, 5.41) is 4.34. The van der Waals surface area contributed by atoms with Crippen LogP contribution in [0.3, 0.4) is 0 Å². The molecule has 36 heavy (non-hydrogen) atoms. The average molecular weight is 544 g/mol. The van der Waals surface area contributed by atoms with Gasteiger partial charge in [0.15, 0.2) is 4.77 Å². The highest BCUT2D eigenvalue weighted by Gasteiger charge is 2.69. The molecule has 1 atom stereocenters. The predicted molar refractivity (Wildman–Crippen MR) is 121 cm³/mol. The molecule has 0 saturated carbocycles. The van der Waals surface area contributed by atoms with E-state index >= 15 is 0 Å². The average Bonchev–Trinajstić information content (AvgIpc) is 3.37. The first-order valence-corrected chi connectivity index (χ1v) is 11.8. The van der Waals surface area contributed by atoms with E-state index in [0.29, 0.717) is 0 Å². The molecule has 0 spiro atoms. The van der Waals surface area contributed by atoms with Crippen LogP contribution >= 0.6 is 12.2 Å². The Balaban J connectivity index is 1.87. The van der Waals surface area contributed by atoms with Crippen molar-refractivity contribution in [1.82, 2.24) is 14.3 Å². The number of H-pyrrole nitrogens is 1. The zero-order chi connectivity index (χ0) is 26.5. The Labute approximate surface area is 205 Å². The Hall–Kier alpha value is -3.76. The summed E-state index contributed by atoms with van der Waals surface area (Å²) in [4.78, 5) is 38.2. The van der Waals surface area contributed by atoms with Crippen LogP contribution in [0, 0.1) is 4.77 Å². The van der Waals surface area contributed by atoms with E-state index in [1.165, 1.54) is 30.0 Å². The van der Waals surface area contributed by atoms with Gasteiger partial charge in [0.1, 0.15) is 11.6 Å². The Bertz CT molecular complexity index is 1580. The van der Waals surface area contributed by atoms with Crippen LogP contribution in [0.1, 0.15) is 18.2 Å². The highest BCUT2D eigenvalue weighted by molar-refractivity contribution is 7.89. The molecular formula is C20H16F3N5O6S2. The van der Waals surface area contributed by atoms with Gasteiger partial charge in [0.25, 0.3) is 11.5 Å². The van der Waals surface area contributed by atoms with Crippen molar-refractivity contribution >= 4 is 45.6 Å². The number of anilines is 2. The first-order valence-electron chi connectivity index (χ1n) is 9.96. The normalized spacial score (nSPS) is 17.5. The van der Waals surface area contributed by atoms with Crippen LogP contribution < -0.4 is 20.9 Å². The zero-order valence-electron chi connectivity index (χ0n) is 18.1. The summed E-state index contributed by atoms with van der Waals surface area (Å²) in [6, 6.07) is 7.15. The van der Waals surface area contributed by atoms with Gasteiger partial charge in [0.05, 0.1) is 23.3 Å². The van der Waals surface area contributed by atoms with E-state index in [4.69, 9.17) is 16.6 Å². The molecule has 1 aromatic carbocycles. The van der Waals surface area contributed by atoms with E-state index in [9.17, 15) is 36.0 Å². The lowest BCUT2D eigenvalue weighted by atomic mass is 9.94. The van der Waals surface area contributed by atoms with Crippen LogP contribution in [0.2, 0.25) is 0 Å². The highest BCUT2D eigenvalue weighted by Crippen LogP contribution is 2.46. The molecule has 0 aliphatic carbocycles. The molecule has 4 rings (SSSR count). The second kappa shape index (κ2) is 8.72. The molecule has 0 fully saturated rings. The largest absolute Gasteiger partial charge is 0.467 e. The van der Waals surface area contributed by atoms with E-state index < -0.39 is 55.4 Å². The van der Waals surface area contributed by atoms with E-state index in [0.717, 1.165) is 28.8 Å². The Kier molecular flexibility index (Phi) is 6.14. The molecular weight excluding hydrogens is 527 g/mol. The minimum atomic E-state index is -5.59. The summed E-state index contributed by atoms with van der Waals surface area (Å²) < 4.78 is 76.9.